The van der Waals surface area contributed by atoms with E-state index in [0.717, 1.165) is 11.3 Å². The highest BCUT2D eigenvalue weighted by atomic mass is 16.5. The molecular weight excluding hydrogens is 236 g/mol. The minimum absolute atomic E-state index is 0.272. The van der Waals surface area contributed by atoms with Crippen molar-refractivity contribution >= 4 is 0 Å². The Bertz CT molecular complexity index is 602. The Morgan fingerprint density at radius 2 is 1.79 bits per heavy atom. The molecule has 1 atom stereocenters. The fourth-order valence-electron chi connectivity index (χ4n) is 1.78. The molecule has 0 heterocycles. The lowest BCUT2D eigenvalue weighted by Crippen LogP contribution is -2.11. The second-order valence-corrected chi connectivity index (χ2v) is 4.32. The lowest BCUT2D eigenvalue weighted by atomic mass is 10.1. The van der Waals surface area contributed by atoms with Crippen molar-refractivity contribution in [2.75, 3.05) is 7.05 Å². The zero-order valence-corrected chi connectivity index (χ0v) is 11.1. The first-order valence-electron chi connectivity index (χ1n) is 6.18. The van der Waals surface area contributed by atoms with E-state index in [1.54, 1.807) is 12.1 Å². The van der Waals surface area contributed by atoms with Crippen molar-refractivity contribution in [2.45, 2.75) is 13.0 Å². The number of nitriles is 1. The second-order valence-electron chi connectivity index (χ2n) is 4.32. The summed E-state index contributed by atoms with van der Waals surface area (Å²) < 4.78 is 5.78. The van der Waals surface area contributed by atoms with E-state index in [9.17, 15) is 0 Å². The summed E-state index contributed by atoms with van der Waals surface area (Å²) in [5, 5.41) is 12.1. The number of nitrogens with zero attached hydrogens (tertiary/aromatic N) is 1. The van der Waals surface area contributed by atoms with Crippen LogP contribution in [0.3, 0.4) is 0 Å². The molecule has 0 aromatic heterocycles. The van der Waals surface area contributed by atoms with Gasteiger partial charge in [0.1, 0.15) is 11.5 Å². The zero-order valence-electron chi connectivity index (χ0n) is 11.1. The molecule has 0 aliphatic heterocycles. The Morgan fingerprint density at radius 1 is 1.11 bits per heavy atom. The van der Waals surface area contributed by atoms with E-state index in [2.05, 4.69) is 24.4 Å². The van der Waals surface area contributed by atoms with Crippen molar-refractivity contribution in [2.24, 2.45) is 0 Å². The molecule has 1 N–H and O–H groups in total. The fourth-order valence-corrected chi connectivity index (χ4v) is 1.78. The molecule has 19 heavy (non-hydrogen) atoms. The van der Waals surface area contributed by atoms with E-state index < -0.39 is 0 Å². The third-order valence-electron chi connectivity index (χ3n) is 2.99. The van der Waals surface area contributed by atoms with Gasteiger partial charge in [-0.3, -0.25) is 0 Å². The molecule has 0 radical (unpaired) electrons. The Labute approximate surface area is 113 Å². The molecule has 1 unspecified atom stereocenters. The van der Waals surface area contributed by atoms with E-state index in [-0.39, 0.29) is 6.04 Å². The van der Waals surface area contributed by atoms with Crippen LogP contribution in [0.25, 0.3) is 0 Å². The van der Waals surface area contributed by atoms with E-state index in [0.29, 0.717) is 11.3 Å². The first kappa shape index (κ1) is 13.1. The molecule has 0 saturated heterocycles. The van der Waals surface area contributed by atoms with Gasteiger partial charge < -0.3 is 10.1 Å². The van der Waals surface area contributed by atoms with Gasteiger partial charge in [0.2, 0.25) is 0 Å². The smallest absolute Gasteiger partial charge is 0.128 e. The van der Waals surface area contributed by atoms with E-state index >= 15 is 0 Å². The average molecular weight is 252 g/mol. The summed E-state index contributed by atoms with van der Waals surface area (Å²) in [5.74, 6) is 1.45. The highest BCUT2D eigenvalue weighted by Crippen LogP contribution is 2.25. The van der Waals surface area contributed by atoms with Crippen molar-refractivity contribution in [3.8, 4) is 17.6 Å². The summed E-state index contributed by atoms with van der Waals surface area (Å²) in [6.45, 7) is 2.09. The standard InChI is InChI=1S/C16H16N2O/c1-12(18-2)14-6-4-8-16(10-14)19-15-7-3-5-13(9-15)11-17/h3-10,12,18H,1-2H3. The fraction of sp³-hybridized carbons (Fsp3) is 0.188. The van der Waals surface area contributed by atoms with E-state index in [1.807, 2.05) is 37.4 Å². The molecule has 0 fully saturated rings. The maximum Gasteiger partial charge on any atom is 0.128 e. The van der Waals surface area contributed by atoms with Crippen molar-refractivity contribution in [3.05, 3.63) is 59.7 Å². The van der Waals surface area contributed by atoms with Crippen LogP contribution in [0, 0.1) is 11.3 Å². The molecule has 0 aliphatic carbocycles. The first-order valence-corrected chi connectivity index (χ1v) is 6.18. The largest absolute Gasteiger partial charge is 0.457 e. The van der Waals surface area contributed by atoms with Crippen LogP contribution in [-0.2, 0) is 0 Å². The van der Waals surface area contributed by atoms with Crippen LogP contribution >= 0.6 is 0 Å². The normalized spacial score (nSPS) is 11.6. The highest BCUT2D eigenvalue weighted by Gasteiger charge is 2.04. The number of hydrogen-bond acceptors (Lipinski definition) is 3. The molecule has 0 spiro atoms. The predicted octanol–water partition coefficient (Wildman–Crippen LogP) is 3.63. The summed E-state index contributed by atoms with van der Waals surface area (Å²) >= 11 is 0. The number of benzene rings is 2. The average Bonchev–Trinajstić information content (AvgIpc) is 2.47. The number of nitrogens with one attached hydrogen (secondary N) is 1. The van der Waals surface area contributed by atoms with Crippen molar-refractivity contribution in [1.82, 2.24) is 5.32 Å². The summed E-state index contributed by atoms with van der Waals surface area (Å²) in [5.41, 5.74) is 1.76. The van der Waals surface area contributed by atoms with Gasteiger partial charge >= 0.3 is 0 Å². The Hall–Kier alpha value is -2.31. The monoisotopic (exact) mass is 252 g/mol. The van der Waals surface area contributed by atoms with Crippen LogP contribution in [-0.4, -0.2) is 7.05 Å². The van der Waals surface area contributed by atoms with Gasteiger partial charge in [0.25, 0.3) is 0 Å². The van der Waals surface area contributed by atoms with Crippen LogP contribution in [0.2, 0.25) is 0 Å². The maximum atomic E-state index is 8.86. The first-order chi connectivity index (χ1) is 9.22. The lowest BCUT2D eigenvalue weighted by molar-refractivity contribution is 0.480. The van der Waals surface area contributed by atoms with Crippen LogP contribution in [0.5, 0.6) is 11.5 Å². The van der Waals surface area contributed by atoms with Crippen molar-refractivity contribution < 1.29 is 4.74 Å². The lowest BCUT2D eigenvalue weighted by Gasteiger charge is -2.12. The topological polar surface area (TPSA) is 45.0 Å². The summed E-state index contributed by atoms with van der Waals surface area (Å²) in [6, 6.07) is 17.4. The van der Waals surface area contributed by atoms with Crippen LogP contribution in [0.4, 0.5) is 0 Å². The molecule has 3 nitrogen and oxygen atoms in total. The van der Waals surface area contributed by atoms with Gasteiger partial charge in [-0.1, -0.05) is 18.2 Å². The number of rotatable bonds is 4. The number of hydrogen-bond donors (Lipinski definition) is 1. The molecule has 96 valence electrons. The minimum Gasteiger partial charge on any atom is -0.457 e. The Kier molecular flexibility index (Phi) is 4.17. The van der Waals surface area contributed by atoms with Gasteiger partial charge in [-0.05, 0) is 49.9 Å². The highest BCUT2D eigenvalue weighted by molar-refractivity contribution is 5.40. The summed E-state index contributed by atoms with van der Waals surface area (Å²) in [7, 11) is 1.93. The molecule has 2 rings (SSSR count). The van der Waals surface area contributed by atoms with E-state index in [1.165, 1.54) is 0 Å². The third-order valence-corrected chi connectivity index (χ3v) is 2.99. The maximum absolute atomic E-state index is 8.86. The molecule has 0 amide bonds. The SMILES string of the molecule is CNC(C)c1cccc(Oc2cccc(C#N)c2)c1. The summed E-state index contributed by atoms with van der Waals surface area (Å²) in [4.78, 5) is 0. The van der Waals surface area contributed by atoms with Gasteiger partial charge in [-0.25, -0.2) is 0 Å². The third kappa shape index (κ3) is 3.34. The van der Waals surface area contributed by atoms with Crippen LogP contribution < -0.4 is 10.1 Å². The zero-order chi connectivity index (χ0) is 13.7. The second kappa shape index (κ2) is 6.03. The Balaban J connectivity index is 2.21. The molecule has 2 aromatic carbocycles. The molecular formula is C16H16N2O. The molecule has 0 saturated carbocycles. The van der Waals surface area contributed by atoms with E-state index in [4.69, 9.17) is 10.00 Å². The Morgan fingerprint density at radius 3 is 2.47 bits per heavy atom. The van der Waals surface area contributed by atoms with Gasteiger partial charge in [0, 0.05) is 6.04 Å². The molecule has 0 aliphatic rings. The van der Waals surface area contributed by atoms with Crippen LogP contribution in [0.1, 0.15) is 24.1 Å². The quantitative estimate of drug-likeness (QED) is 0.903. The van der Waals surface area contributed by atoms with Crippen molar-refractivity contribution in [3.63, 3.8) is 0 Å². The van der Waals surface area contributed by atoms with Crippen LogP contribution in [0.15, 0.2) is 48.5 Å². The van der Waals surface area contributed by atoms with Gasteiger partial charge in [0.15, 0.2) is 0 Å². The molecule has 2 aromatic rings. The molecule has 3 heteroatoms. The van der Waals surface area contributed by atoms with Gasteiger partial charge in [-0.2, -0.15) is 5.26 Å². The predicted molar refractivity (Wildman–Crippen MR) is 75.1 cm³/mol. The van der Waals surface area contributed by atoms with Gasteiger partial charge in [0.05, 0.1) is 11.6 Å². The van der Waals surface area contributed by atoms with Gasteiger partial charge in [-0.15, -0.1) is 0 Å². The molecule has 0 bridgehead atoms. The summed E-state index contributed by atoms with van der Waals surface area (Å²) in [6.07, 6.45) is 0. The van der Waals surface area contributed by atoms with Crippen molar-refractivity contribution in [1.29, 1.82) is 5.26 Å². The minimum atomic E-state index is 0.272. The number of ether oxygens (including phenoxy) is 1.